The van der Waals surface area contributed by atoms with E-state index in [9.17, 15) is 5.11 Å². The molecule has 0 radical (unpaired) electrons. The van der Waals surface area contributed by atoms with Gasteiger partial charge >= 0.3 is 0 Å². The number of fused-ring (bicyclic) bond motifs is 2. The zero-order chi connectivity index (χ0) is 12.6. The van der Waals surface area contributed by atoms with Gasteiger partial charge < -0.3 is 9.84 Å². The number of hydrogen-bond donors (Lipinski definition) is 1. The molecule has 1 N–H and O–H groups in total. The fraction of sp³-hybridized carbons (Fsp3) is 0.600. The fourth-order valence-corrected chi connectivity index (χ4v) is 5.03. The minimum absolute atomic E-state index is 0.635. The van der Waals surface area contributed by atoms with Gasteiger partial charge in [0.1, 0.15) is 5.75 Å². The van der Waals surface area contributed by atoms with Gasteiger partial charge in [0.25, 0.3) is 0 Å². The summed E-state index contributed by atoms with van der Waals surface area (Å²) in [6, 6.07) is 8.00. The maximum atomic E-state index is 10.9. The Morgan fingerprint density at radius 3 is 2.72 bits per heavy atom. The highest BCUT2D eigenvalue weighted by Gasteiger charge is 2.44. The SMILES string of the molecule is CCOc1cccc(C2(O)CC3CCC(C2)S3)c1. The number of ether oxygens (including phenoxy) is 1. The van der Waals surface area contributed by atoms with Crippen molar-refractivity contribution in [3.05, 3.63) is 29.8 Å². The molecule has 2 atom stereocenters. The summed E-state index contributed by atoms with van der Waals surface area (Å²) in [5, 5.41) is 12.2. The summed E-state index contributed by atoms with van der Waals surface area (Å²) in [6.07, 6.45) is 4.32. The molecule has 0 aliphatic carbocycles. The zero-order valence-electron chi connectivity index (χ0n) is 10.8. The Bertz CT molecular complexity index is 420. The van der Waals surface area contributed by atoms with E-state index in [2.05, 4.69) is 11.8 Å². The van der Waals surface area contributed by atoms with E-state index in [-0.39, 0.29) is 0 Å². The van der Waals surface area contributed by atoms with Crippen LogP contribution in [-0.2, 0) is 5.60 Å². The zero-order valence-corrected chi connectivity index (χ0v) is 11.6. The monoisotopic (exact) mass is 264 g/mol. The van der Waals surface area contributed by atoms with Gasteiger partial charge in [-0.15, -0.1) is 0 Å². The lowest BCUT2D eigenvalue weighted by Gasteiger charge is -2.36. The average molecular weight is 264 g/mol. The maximum absolute atomic E-state index is 10.9. The quantitative estimate of drug-likeness (QED) is 0.908. The van der Waals surface area contributed by atoms with Crippen LogP contribution in [0, 0.1) is 0 Å². The first-order chi connectivity index (χ1) is 8.69. The molecule has 2 fully saturated rings. The number of rotatable bonds is 3. The van der Waals surface area contributed by atoms with Gasteiger partial charge in [-0.1, -0.05) is 12.1 Å². The minimum atomic E-state index is -0.635. The predicted molar refractivity (Wildman–Crippen MR) is 75.1 cm³/mol. The standard InChI is InChI=1S/C15H20O2S/c1-2-17-12-5-3-4-11(8-12)15(16)9-13-6-7-14(10-15)18-13/h3-5,8,13-14,16H,2,6-7,9-10H2,1H3. The average Bonchev–Trinajstić information content (AvgIpc) is 2.70. The van der Waals surface area contributed by atoms with E-state index >= 15 is 0 Å². The number of hydrogen-bond acceptors (Lipinski definition) is 3. The summed E-state index contributed by atoms with van der Waals surface area (Å²) in [5.41, 5.74) is 0.398. The number of benzene rings is 1. The maximum Gasteiger partial charge on any atom is 0.119 e. The van der Waals surface area contributed by atoms with Crippen LogP contribution in [-0.4, -0.2) is 22.2 Å². The second-order valence-corrected chi connectivity index (χ2v) is 6.96. The van der Waals surface area contributed by atoms with Gasteiger partial charge in [0, 0.05) is 10.5 Å². The van der Waals surface area contributed by atoms with Gasteiger partial charge in [0.15, 0.2) is 0 Å². The summed E-state index contributed by atoms with van der Waals surface area (Å²) in [5.74, 6) is 0.869. The molecule has 1 aromatic carbocycles. The number of thioether (sulfide) groups is 1. The molecule has 1 aromatic rings. The van der Waals surface area contributed by atoms with Crippen LogP contribution in [0.2, 0.25) is 0 Å². The van der Waals surface area contributed by atoms with Gasteiger partial charge in [-0.3, -0.25) is 0 Å². The van der Waals surface area contributed by atoms with E-state index in [0.717, 1.165) is 24.2 Å². The van der Waals surface area contributed by atoms with E-state index in [1.165, 1.54) is 12.8 Å². The van der Waals surface area contributed by atoms with E-state index in [4.69, 9.17) is 4.74 Å². The lowest BCUT2D eigenvalue weighted by Crippen LogP contribution is -2.34. The second kappa shape index (κ2) is 4.78. The molecule has 0 spiro atoms. The highest BCUT2D eigenvalue weighted by molar-refractivity contribution is 8.00. The molecule has 2 bridgehead atoms. The molecular formula is C15H20O2S. The highest BCUT2D eigenvalue weighted by atomic mass is 32.2. The summed E-state index contributed by atoms with van der Waals surface area (Å²) in [6.45, 7) is 2.65. The Hall–Kier alpha value is -0.670. The van der Waals surface area contributed by atoms with Crippen molar-refractivity contribution in [2.24, 2.45) is 0 Å². The van der Waals surface area contributed by atoms with Gasteiger partial charge in [-0.05, 0) is 50.3 Å². The Balaban J connectivity index is 1.86. The van der Waals surface area contributed by atoms with E-state index < -0.39 is 5.60 Å². The van der Waals surface area contributed by atoms with Crippen molar-refractivity contribution in [3.63, 3.8) is 0 Å². The topological polar surface area (TPSA) is 29.5 Å². The molecule has 0 saturated carbocycles. The molecule has 3 heteroatoms. The normalized spacial score (nSPS) is 34.6. The van der Waals surface area contributed by atoms with Crippen LogP contribution in [0.4, 0.5) is 0 Å². The summed E-state index contributed by atoms with van der Waals surface area (Å²) >= 11 is 2.07. The van der Waals surface area contributed by atoms with E-state index in [1.54, 1.807) is 0 Å². The van der Waals surface area contributed by atoms with Gasteiger partial charge in [0.05, 0.1) is 12.2 Å². The summed E-state index contributed by atoms with van der Waals surface area (Å²) in [7, 11) is 0. The smallest absolute Gasteiger partial charge is 0.119 e. The summed E-state index contributed by atoms with van der Waals surface area (Å²) in [4.78, 5) is 0. The van der Waals surface area contributed by atoms with Crippen molar-refractivity contribution in [3.8, 4) is 5.75 Å². The van der Waals surface area contributed by atoms with Crippen molar-refractivity contribution >= 4 is 11.8 Å². The first-order valence-corrected chi connectivity index (χ1v) is 7.75. The van der Waals surface area contributed by atoms with Crippen LogP contribution < -0.4 is 4.74 Å². The van der Waals surface area contributed by atoms with Crippen molar-refractivity contribution in [1.29, 1.82) is 0 Å². The lowest BCUT2D eigenvalue weighted by atomic mass is 9.86. The molecule has 2 aliphatic heterocycles. The summed E-state index contributed by atoms with van der Waals surface area (Å²) < 4.78 is 5.54. The molecule has 2 nitrogen and oxygen atoms in total. The van der Waals surface area contributed by atoms with Crippen LogP contribution in [0.1, 0.15) is 38.2 Å². The third-order valence-electron chi connectivity index (χ3n) is 4.01. The molecule has 3 rings (SSSR count). The van der Waals surface area contributed by atoms with Gasteiger partial charge in [-0.25, -0.2) is 0 Å². The van der Waals surface area contributed by atoms with Crippen molar-refractivity contribution in [2.45, 2.75) is 48.7 Å². The Morgan fingerprint density at radius 1 is 1.33 bits per heavy atom. The van der Waals surface area contributed by atoms with E-state index in [0.29, 0.717) is 17.1 Å². The molecule has 2 saturated heterocycles. The third kappa shape index (κ3) is 2.26. The van der Waals surface area contributed by atoms with Crippen LogP contribution in [0.15, 0.2) is 24.3 Å². The molecular weight excluding hydrogens is 244 g/mol. The van der Waals surface area contributed by atoms with Crippen LogP contribution in [0.3, 0.4) is 0 Å². The molecule has 0 aromatic heterocycles. The highest BCUT2D eigenvalue weighted by Crippen LogP contribution is 2.51. The molecule has 2 aliphatic rings. The molecule has 2 heterocycles. The van der Waals surface area contributed by atoms with Crippen LogP contribution in [0.5, 0.6) is 5.75 Å². The molecule has 2 unspecified atom stereocenters. The van der Waals surface area contributed by atoms with Crippen molar-refractivity contribution in [2.75, 3.05) is 6.61 Å². The molecule has 0 amide bonds. The molecule has 18 heavy (non-hydrogen) atoms. The molecule has 98 valence electrons. The Kier molecular flexibility index (Phi) is 3.29. The van der Waals surface area contributed by atoms with Gasteiger partial charge in [0.2, 0.25) is 0 Å². The number of aliphatic hydroxyl groups is 1. The first kappa shape index (κ1) is 12.4. The lowest BCUT2D eigenvalue weighted by molar-refractivity contribution is 0.0194. The third-order valence-corrected chi connectivity index (χ3v) is 5.58. The second-order valence-electron chi connectivity index (χ2n) is 5.36. The first-order valence-electron chi connectivity index (χ1n) is 6.81. The Labute approximate surface area is 113 Å². The largest absolute Gasteiger partial charge is 0.494 e. The fourth-order valence-electron chi connectivity index (χ4n) is 3.19. The van der Waals surface area contributed by atoms with Crippen molar-refractivity contribution in [1.82, 2.24) is 0 Å². The van der Waals surface area contributed by atoms with Crippen LogP contribution in [0.25, 0.3) is 0 Å². The van der Waals surface area contributed by atoms with E-state index in [1.807, 2.05) is 31.2 Å². The Morgan fingerprint density at radius 2 is 2.06 bits per heavy atom. The predicted octanol–water partition coefficient (Wildman–Crippen LogP) is 3.33. The van der Waals surface area contributed by atoms with Crippen LogP contribution >= 0.6 is 11.8 Å². The minimum Gasteiger partial charge on any atom is -0.494 e. The van der Waals surface area contributed by atoms with Gasteiger partial charge in [-0.2, -0.15) is 11.8 Å². The van der Waals surface area contributed by atoms with Crippen molar-refractivity contribution < 1.29 is 9.84 Å².